The maximum atomic E-state index is 11.9. The molecule has 208 valence electrons. The molecule has 2 amide bonds. The predicted octanol–water partition coefficient (Wildman–Crippen LogP) is -3.01. The highest BCUT2D eigenvalue weighted by Crippen LogP contribution is 2.31. The Labute approximate surface area is 213 Å². The van der Waals surface area contributed by atoms with Gasteiger partial charge in [0, 0.05) is 13.8 Å². The number of methoxy groups -OCH3 is 1. The number of carbonyl (C=O) groups excluding carboxylic acids is 2. The number of aliphatic hydroxyl groups is 5. The zero-order chi connectivity index (χ0) is 27.3. The summed E-state index contributed by atoms with van der Waals surface area (Å²) >= 11 is 0. The zero-order valence-corrected chi connectivity index (χ0v) is 20.6. The van der Waals surface area contributed by atoms with Crippen LogP contribution in [0.2, 0.25) is 0 Å². The van der Waals surface area contributed by atoms with E-state index in [4.69, 9.17) is 23.7 Å². The Balaban J connectivity index is 1.85. The van der Waals surface area contributed by atoms with Gasteiger partial charge in [-0.25, -0.2) is 0 Å². The van der Waals surface area contributed by atoms with E-state index in [9.17, 15) is 35.1 Å². The fourth-order valence-electron chi connectivity index (χ4n) is 4.25. The molecule has 0 radical (unpaired) electrons. The third-order valence-electron chi connectivity index (χ3n) is 6.08. The van der Waals surface area contributed by atoms with Gasteiger partial charge in [-0.1, -0.05) is 0 Å². The quantitative estimate of drug-likeness (QED) is 0.170. The Kier molecular flexibility index (Phi) is 10.0. The molecule has 10 atom stereocenters. The lowest BCUT2D eigenvalue weighted by Gasteiger charge is -2.48. The molecule has 10 unspecified atom stereocenters. The lowest BCUT2D eigenvalue weighted by Crippen LogP contribution is -2.69. The first kappa shape index (κ1) is 29.0. The Morgan fingerprint density at radius 3 is 1.84 bits per heavy atom. The van der Waals surface area contributed by atoms with Crippen molar-refractivity contribution in [3.63, 3.8) is 0 Å². The van der Waals surface area contributed by atoms with Gasteiger partial charge in [-0.15, -0.1) is 0 Å². The van der Waals surface area contributed by atoms with E-state index in [1.165, 1.54) is 21.0 Å². The largest absolute Gasteiger partial charge is 0.497 e. The monoisotopic (exact) mass is 530 g/mol. The van der Waals surface area contributed by atoms with Crippen LogP contribution < -0.4 is 20.1 Å². The van der Waals surface area contributed by atoms with Crippen molar-refractivity contribution in [1.29, 1.82) is 0 Å². The summed E-state index contributed by atoms with van der Waals surface area (Å²) in [6.45, 7) is 1.08. The number of hydrogen-bond acceptors (Lipinski definition) is 12. The van der Waals surface area contributed by atoms with Gasteiger partial charge in [0.05, 0.1) is 20.3 Å². The lowest BCUT2D eigenvalue weighted by molar-refractivity contribution is -0.325. The molecule has 0 aliphatic carbocycles. The van der Waals surface area contributed by atoms with Crippen LogP contribution in [-0.4, -0.2) is 119 Å². The fourth-order valence-corrected chi connectivity index (χ4v) is 4.25. The average Bonchev–Trinajstić information content (AvgIpc) is 2.87. The minimum Gasteiger partial charge on any atom is -0.497 e. The van der Waals surface area contributed by atoms with Crippen molar-refractivity contribution >= 4 is 11.8 Å². The average molecular weight is 531 g/mol. The van der Waals surface area contributed by atoms with E-state index in [1.807, 2.05) is 0 Å². The van der Waals surface area contributed by atoms with Crippen LogP contribution in [0.5, 0.6) is 11.5 Å². The first-order valence-electron chi connectivity index (χ1n) is 11.7. The number of nitrogens with one attached hydrogen (secondary N) is 2. The zero-order valence-electron chi connectivity index (χ0n) is 20.6. The van der Waals surface area contributed by atoms with Crippen molar-refractivity contribution < 1.29 is 58.8 Å². The van der Waals surface area contributed by atoms with Crippen LogP contribution in [0.3, 0.4) is 0 Å². The number of carbonyl (C=O) groups is 2. The summed E-state index contributed by atoms with van der Waals surface area (Å²) in [6, 6.07) is 3.97. The molecule has 2 aliphatic rings. The fraction of sp³-hybridized carbons (Fsp3) is 0.652. The topological polar surface area (TPSA) is 206 Å². The number of aliphatic hydroxyl groups excluding tert-OH is 5. The molecular formula is C23H34N2O12. The van der Waals surface area contributed by atoms with E-state index in [1.54, 1.807) is 24.3 Å². The third-order valence-corrected chi connectivity index (χ3v) is 6.08. The van der Waals surface area contributed by atoms with Gasteiger partial charge in [0.1, 0.15) is 60.2 Å². The molecule has 0 aromatic heterocycles. The molecule has 14 heteroatoms. The van der Waals surface area contributed by atoms with E-state index in [2.05, 4.69) is 10.6 Å². The van der Waals surface area contributed by atoms with Crippen molar-refractivity contribution in [2.45, 2.75) is 75.1 Å². The highest BCUT2D eigenvalue weighted by atomic mass is 16.7. The highest BCUT2D eigenvalue weighted by molar-refractivity contribution is 5.73. The molecule has 2 fully saturated rings. The first-order chi connectivity index (χ1) is 17.6. The second-order valence-corrected chi connectivity index (χ2v) is 8.77. The Morgan fingerprint density at radius 1 is 0.811 bits per heavy atom. The van der Waals surface area contributed by atoms with Crippen LogP contribution in [0, 0.1) is 0 Å². The van der Waals surface area contributed by atoms with Gasteiger partial charge in [-0.05, 0) is 24.3 Å². The van der Waals surface area contributed by atoms with E-state index in [0.29, 0.717) is 11.5 Å². The Hall–Kier alpha value is -2.56. The van der Waals surface area contributed by atoms with Gasteiger partial charge < -0.3 is 59.9 Å². The van der Waals surface area contributed by atoms with Crippen LogP contribution in [0.1, 0.15) is 13.8 Å². The maximum Gasteiger partial charge on any atom is 0.223 e. The molecule has 0 spiro atoms. The SMILES string of the molecule is COc1ccc(OC2OC(CO)C(OC3OC(CO)C(O)C(O)C3NC(C)=O)C(O)C2NC(C)=O)cc1. The number of benzene rings is 1. The first-order valence-corrected chi connectivity index (χ1v) is 11.7. The molecule has 7 N–H and O–H groups in total. The van der Waals surface area contributed by atoms with Crippen LogP contribution in [-0.2, 0) is 23.8 Å². The molecule has 0 bridgehead atoms. The van der Waals surface area contributed by atoms with Gasteiger partial charge in [0.15, 0.2) is 6.29 Å². The number of hydrogen-bond donors (Lipinski definition) is 7. The van der Waals surface area contributed by atoms with Crippen molar-refractivity contribution in [2.75, 3.05) is 20.3 Å². The molecule has 1 aromatic rings. The highest BCUT2D eigenvalue weighted by Gasteiger charge is 2.52. The summed E-state index contributed by atoms with van der Waals surface area (Å²) in [5.41, 5.74) is 0. The van der Waals surface area contributed by atoms with Crippen molar-refractivity contribution in [2.24, 2.45) is 0 Å². The van der Waals surface area contributed by atoms with E-state index in [0.717, 1.165) is 0 Å². The molecule has 37 heavy (non-hydrogen) atoms. The van der Waals surface area contributed by atoms with E-state index < -0.39 is 86.3 Å². The van der Waals surface area contributed by atoms with Gasteiger partial charge >= 0.3 is 0 Å². The second-order valence-electron chi connectivity index (χ2n) is 8.77. The minimum absolute atomic E-state index is 0.327. The van der Waals surface area contributed by atoms with Crippen LogP contribution in [0.25, 0.3) is 0 Å². The van der Waals surface area contributed by atoms with E-state index in [-0.39, 0.29) is 0 Å². The van der Waals surface area contributed by atoms with Crippen molar-refractivity contribution in [3.05, 3.63) is 24.3 Å². The van der Waals surface area contributed by atoms with E-state index >= 15 is 0 Å². The molecule has 1 aromatic carbocycles. The smallest absolute Gasteiger partial charge is 0.223 e. The van der Waals surface area contributed by atoms with Gasteiger partial charge in [-0.2, -0.15) is 0 Å². The van der Waals surface area contributed by atoms with Gasteiger partial charge in [0.25, 0.3) is 0 Å². The molecular weight excluding hydrogens is 496 g/mol. The van der Waals surface area contributed by atoms with Crippen LogP contribution in [0.15, 0.2) is 24.3 Å². The minimum atomic E-state index is -1.59. The molecule has 3 rings (SSSR count). The van der Waals surface area contributed by atoms with Crippen molar-refractivity contribution in [1.82, 2.24) is 10.6 Å². The summed E-state index contributed by atoms with van der Waals surface area (Å²) in [6.07, 6.45) is -11.2. The Morgan fingerprint density at radius 2 is 1.32 bits per heavy atom. The lowest BCUT2D eigenvalue weighted by atomic mass is 9.94. The van der Waals surface area contributed by atoms with Crippen LogP contribution in [0.4, 0.5) is 0 Å². The Bertz CT molecular complexity index is 902. The normalized spacial score (nSPS) is 35.9. The van der Waals surface area contributed by atoms with Gasteiger partial charge in [-0.3, -0.25) is 9.59 Å². The summed E-state index contributed by atoms with van der Waals surface area (Å²) in [5.74, 6) is -0.180. The standard InChI is InChI=1S/C23H34N2O12/c1-10(28)24-16-19(31)18(30)14(8-26)35-23(16)37-21-15(9-27)36-22(17(20(21)32)25-11(2)29)34-13-6-4-12(33-3)5-7-13/h4-7,14-23,26-27,30-32H,8-9H2,1-3H3,(H,24,28)(H,25,29). The maximum absolute atomic E-state index is 11.9. The molecule has 0 saturated carbocycles. The summed E-state index contributed by atoms with van der Waals surface area (Å²) in [7, 11) is 1.50. The molecule has 14 nitrogen and oxygen atoms in total. The number of amides is 2. The summed E-state index contributed by atoms with van der Waals surface area (Å²) in [5, 5.41) is 56.5. The number of ether oxygens (including phenoxy) is 5. The van der Waals surface area contributed by atoms with Crippen LogP contribution >= 0.6 is 0 Å². The molecule has 2 saturated heterocycles. The second kappa shape index (κ2) is 12.8. The summed E-state index contributed by atoms with van der Waals surface area (Å²) < 4.78 is 28.2. The third kappa shape index (κ3) is 6.86. The van der Waals surface area contributed by atoms with Gasteiger partial charge in [0.2, 0.25) is 18.1 Å². The summed E-state index contributed by atoms with van der Waals surface area (Å²) in [4.78, 5) is 23.6. The molecule has 2 heterocycles. The number of rotatable bonds is 9. The van der Waals surface area contributed by atoms with Crippen molar-refractivity contribution in [3.8, 4) is 11.5 Å². The molecule has 2 aliphatic heterocycles. The predicted molar refractivity (Wildman–Crippen MR) is 123 cm³/mol.